The van der Waals surface area contributed by atoms with Gasteiger partial charge >= 0.3 is 0 Å². The Morgan fingerprint density at radius 1 is 1.42 bits per heavy atom. The average Bonchev–Trinajstić information content (AvgIpc) is 3.31. The molecule has 1 aromatic carbocycles. The molecule has 2 N–H and O–H groups in total. The van der Waals surface area contributed by atoms with Crippen LogP contribution in [0.1, 0.15) is 28.8 Å². The van der Waals surface area contributed by atoms with Crippen LogP contribution in [0.3, 0.4) is 0 Å². The molecule has 3 heterocycles. The van der Waals surface area contributed by atoms with Crippen molar-refractivity contribution in [3.63, 3.8) is 0 Å². The predicted molar refractivity (Wildman–Crippen MR) is 83.8 cm³/mol. The van der Waals surface area contributed by atoms with Crippen LogP contribution in [0.4, 0.5) is 4.39 Å². The van der Waals surface area contributed by atoms with Gasteiger partial charge in [-0.15, -0.1) is 0 Å². The van der Waals surface area contributed by atoms with Crippen molar-refractivity contribution in [1.82, 2.24) is 25.1 Å². The highest BCUT2D eigenvalue weighted by Crippen LogP contribution is 2.32. The van der Waals surface area contributed by atoms with Crippen molar-refractivity contribution in [3.05, 3.63) is 47.9 Å². The molecule has 0 unspecified atom stereocenters. The van der Waals surface area contributed by atoms with E-state index in [1.807, 2.05) is 0 Å². The van der Waals surface area contributed by atoms with Crippen molar-refractivity contribution in [3.8, 4) is 0 Å². The van der Waals surface area contributed by atoms with E-state index in [0.29, 0.717) is 29.9 Å². The molecule has 24 heavy (non-hydrogen) atoms. The normalized spacial score (nSPS) is 20.8. The van der Waals surface area contributed by atoms with Crippen LogP contribution in [0.25, 0.3) is 10.9 Å². The molecule has 0 aliphatic carbocycles. The number of aromatic amines is 2. The van der Waals surface area contributed by atoms with Gasteiger partial charge in [0, 0.05) is 31.0 Å². The Kier molecular flexibility index (Phi) is 3.53. The van der Waals surface area contributed by atoms with Crippen LogP contribution < -0.4 is 0 Å². The van der Waals surface area contributed by atoms with E-state index in [0.717, 1.165) is 5.52 Å². The number of aromatic nitrogens is 4. The summed E-state index contributed by atoms with van der Waals surface area (Å²) < 4.78 is 18.8. The molecule has 1 fully saturated rings. The summed E-state index contributed by atoms with van der Waals surface area (Å²) in [5.74, 6) is 0.123. The molecule has 2 atom stereocenters. The van der Waals surface area contributed by atoms with E-state index in [1.165, 1.54) is 18.5 Å². The van der Waals surface area contributed by atoms with Crippen molar-refractivity contribution in [1.29, 1.82) is 0 Å². The van der Waals surface area contributed by atoms with Gasteiger partial charge in [-0.05, 0) is 24.3 Å². The van der Waals surface area contributed by atoms with E-state index >= 15 is 0 Å². The average molecular weight is 329 g/mol. The predicted octanol–water partition coefficient (Wildman–Crippen LogP) is 2.03. The van der Waals surface area contributed by atoms with E-state index in [9.17, 15) is 9.18 Å². The SMILES string of the molecule is CO[C@@H]1C[C@@H](c2ncn[nH]2)N(C(=O)c2cc3cc(F)ccc3[nH]2)C1. The zero-order chi connectivity index (χ0) is 16.7. The van der Waals surface area contributed by atoms with Crippen LogP contribution in [-0.2, 0) is 4.74 Å². The lowest BCUT2D eigenvalue weighted by atomic mass is 10.2. The maximum absolute atomic E-state index is 13.3. The molecular weight excluding hydrogens is 313 g/mol. The van der Waals surface area contributed by atoms with E-state index in [-0.39, 0.29) is 23.9 Å². The van der Waals surface area contributed by atoms with Crippen molar-refractivity contribution in [2.75, 3.05) is 13.7 Å². The molecule has 0 radical (unpaired) electrons. The zero-order valence-electron chi connectivity index (χ0n) is 13.0. The quantitative estimate of drug-likeness (QED) is 0.770. The number of hydrogen-bond donors (Lipinski definition) is 2. The van der Waals surface area contributed by atoms with Gasteiger partial charge in [0.25, 0.3) is 5.91 Å². The van der Waals surface area contributed by atoms with Crippen LogP contribution in [0.5, 0.6) is 0 Å². The molecule has 0 saturated carbocycles. The minimum atomic E-state index is -0.333. The molecule has 1 saturated heterocycles. The number of likely N-dealkylation sites (tertiary alicyclic amines) is 1. The summed E-state index contributed by atoms with van der Waals surface area (Å²) in [6, 6.07) is 5.82. The van der Waals surface area contributed by atoms with Gasteiger partial charge in [-0.25, -0.2) is 9.37 Å². The van der Waals surface area contributed by atoms with E-state index < -0.39 is 0 Å². The number of carbonyl (C=O) groups excluding carboxylic acids is 1. The third kappa shape index (κ3) is 2.44. The lowest BCUT2D eigenvalue weighted by molar-refractivity contribution is 0.0679. The molecule has 1 aliphatic heterocycles. The first-order valence-corrected chi connectivity index (χ1v) is 7.63. The van der Waals surface area contributed by atoms with Gasteiger partial charge in [-0.2, -0.15) is 5.10 Å². The summed E-state index contributed by atoms with van der Waals surface area (Å²) in [6.07, 6.45) is 2.00. The van der Waals surface area contributed by atoms with Crippen molar-refractivity contribution in [2.45, 2.75) is 18.6 Å². The molecular formula is C16H16FN5O2. The maximum Gasteiger partial charge on any atom is 0.271 e. The largest absolute Gasteiger partial charge is 0.380 e. The Hall–Kier alpha value is -2.74. The topological polar surface area (TPSA) is 86.9 Å². The number of halogens is 1. The molecule has 4 rings (SSSR count). The molecule has 2 aromatic heterocycles. The monoisotopic (exact) mass is 329 g/mol. The van der Waals surface area contributed by atoms with E-state index in [4.69, 9.17) is 4.74 Å². The molecule has 8 heteroatoms. The highest BCUT2D eigenvalue weighted by molar-refractivity contribution is 5.98. The first kappa shape index (κ1) is 14.8. The molecule has 3 aromatic rings. The van der Waals surface area contributed by atoms with Crippen LogP contribution in [0.2, 0.25) is 0 Å². The second-order valence-corrected chi connectivity index (χ2v) is 5.85. The van der Waals surface area contributed by atoms with Gasteiger partial charge < -0.3 is 14.6 Å². The highest BCUT2D eigenvalue weighted by atomic mass is 19.1. The summed E-state index contributed by atoms with van der Waals surface area (Å²) in [6.45, 7) is 0.463. The Labute approximate surface area is 136 Å². The molecule has 0 bridgehead atoms. The number of H-pyrrole nitrogens is 2. The lowest BCUT2D eigenvalue weighted by Gasteiger charge is -2.21. The molecule has 1 amide bonds. The molecule has 124 valence electrons. The summed E-state index contributed by atoms with van der Waals surface area (Å²) >= 11 is 0. The fourth-order valence-electron chi connectivity index (χ4n) is 3.20. The minimum Gasteiger partial charge on any atom is -0.380 e. The van der Waals surface area contributed by atoms with Gasteiger partial charge in [0.15, 0.2) is 0 Å². The van der Waals surface area contributed by atoms with E-state index in [2.05, 4.69) is 20.2 Å². The maximum atomic E-state index is 13.3. The number of benzene rings is 1. The molecule has 1 aliphatic rings. The fraction of sp³-hybridized carbons (Fsp3) is 0.312. The Morgan fingerprint density at radius 3 is 3.04 bits per heavy atom. The number of rotatable bonds is 3. The second kappa shape index (κ2) is 5.72. The first-order valence-electron chi connectivity index (χ1n) is 7.63. The standard InChI is InChI=1S/C16H16FN5O2/c1-24-11-6-14(15-18-8-19-21-15)22(7-11)16(23)13-5-9-4-10(17)2-3-12(9)20-13/h2-5,8,11,14,20H,6-7H2,1H3,(H,18,19,21)/t11-,14+/m1/s1. The third-order valence-electron chi connectivity index (χ3n) is 4.42. The molecule has 7 nitrogen and oxygen atoms in total. The van der Waals surface area contributed by atoms with Gasteiger partial charge in [0.05, 0.1) is 12.1 Å². The van der Waals surface area contributed by atoms with Crippen molar-refractivity contribution < 1.29 is 13.9 Å². The van der Waals surface area contributed by atoms with Gasteiger partial charge in [0.2, 0.25) is 0 Å². The molecule has 0 spiro atoms. The van der Waals surface area contributed by atoms with Gasteiger partial charge in [-0.1, -0.05) is 0 Å². The summed E-state index contributed by atoms with van der Waals surface area (Å²) in [4.78, 5) is 21.9. The Morgan fingerprint density at radius 2 is 2.29 bits per heavy atom. The number of nitrogens with one attached hydrogen (secondary N) is 2. The van der Waals surface area contributed by atoms with Crippen molar-refractivity contribution in [2.24, 2.45) is 0 Å². The van der Waals surface area contributed by atoms with Crippen LogP contribution in [0, 0.1) is 5.82 Å². The summed E-state index contributed by atoms with van der Waals surface area (Å²) in [5, 5.41) is 7.35. The number of carbonyl (C=O) groups is 1. The van der Waals surface area contributed by atoms with E-state index in [1.54, 1.807) is 24.1 Å². The highest BCUT2D eigenvalue weighted by Gasteiger charge is 2.38. The number of hydrogen-bond acceptors (Lipinski definition) is 4. The Balaban J connectivity index is 1.67. The smallest absolute Gasteiger partial charge is 0.271 e. The number of methoxy groups -OCH3 is 1. The minimum absolute atomic E-state index is 0.0640. The second-order valence-electron chi connectivity index (χ2n) is 5.85. The van der Waals surface area contributed by atoms with Crippen molar-refractivity contribution >= 4 is 16.8 Å². The van der Waals surface area contributed by atoms with Gasteiger partial charge in [-0.3, -0.25) is 9.89 Å². The van der Waals surface area contributed by atoms with Crippen LogP contribution in [0.15, 0.2) is 30.6 Å². The van der Waals surface area contributed by atoms with Crippen LogP contribution >= 0.6 is 0 Å². The summed E-state index contributed by atoms with van der Waals surface area (Å²) in [5.41, 5.74) is 1.13. The summed E-state index contributed by atoms with van der Waals surface area (Å²) in [7, 11) is 1.63. The number of amides is 1. The fourth-order valence-corrected chi connectivity index (χ4v) is 3.20. The van der Waals surface area contributed by atoms with Gasteiger partial charge in [0.1, 0.15) is 23.7 Å². The zero-order valence-corrected chi connectivity index (χ0v) is 13.0. The number of fused-ring (bicyclic) bond motifs is 1. The first-order chi connectivity index (χ1) is 11.7. The Bertz CT molecular complexity index is 876. The lowest BCUT2D eigenvalue weighted by Crippen LogP contribution is -2.32. The van der Waals surface area contributed by atoms with Crippen LogP contribution in [-0.4, -0.2) is 50.7 Å². The number of ether oxygens (including phenoxy) is 1. The number of nitrogens with zero attached hydrogens (tertiary/aromatic N) is 3. The third-order valence-corrected chi connectivity index (χ3v) is 4.42.